The second kappa shape index (κ2) is 9.12. The van der Waals surface area contributed by atoms with Crippen LogP contribution in [0, 0.1) is 0 Å². The molecule has 0 radical (unpaired) electrons. The highest BCUT2D eigenvalue weighted by Crippen LogP contribution is 2.51. The second-order valence-corrected chi connectivity index (χ2v) is 13.0. The molecule has 44 heavy (non-hydrogen) atoms. The van der Waals surface area contributed by atoms with E-state index in [9.17, 15) is 0 Å². The first kappa shape index (κ1) is 24.2. The minimum atomic E-state index is 0.321. The molecule has 0 fully saturated rings. The molecule has 0 saturated carbocycles. The van der Waals surface area contributed by atoms with Crippen LogP contribution < -0.4 is 0 Å². The first-order valence-electron chi connectivity index (χ1n) is 15.2. The predicted molar refractivity (Wildman–Crippen MR) is 186 cm³/mol. The van der Waals surface area contributed by atoms with E-state index < -0.39 is 0 Å². The molecule has 3 heterocycles. The van der Waals surface area contributed by atoms with Crippen molar-refractivity contribution in [3.8, 4) is 16.9 Å². The van der Waals surface area contributed by atoms with E-state index in [1.165, 1.54) is 75.4 Å². The van der Waals surface area contributed by atoms with Gasteiger partial charge in [0.1, 0.15) is 0 Å². The Morgan fingerprint density at radius 1 is 0.591 bits per heavy atom. The zero-order valence-electron chi connectivity index (χ0n) is 23.8. The van der Waals surface area contributed by atoms with Crippen LogP contribution in [0.25, 0.3) is 64.5 Å². The molecule has 0 aliphatic heterocycles. The van der Waals surface area contributed by atoms with Gasteiger partial charge in [-0.25, -0.2) is 4.98 Å². The lowest BCUT2D eigenvalue weighted by molar-refractivity contribution is 0.722. The lowest BCUT2D eigenvalue weighted by atomic mass is 9.69. The van der Waals surface area contributed by atoms with Gasteiger partial charge in [0, 0.05) is 44.3 Å². The van der Waals surface area contributed by atoms with Crippen molar-refractivity contribution in [1.82, 2.24) is 9.55 Å². The van der Waals surface area contributed by atoms with E-state index in [1.807, 2.05) is 17.5 Å². The molecule has 2 atom stereocenters. The highest BCUT2D eigenvalue weighted by Gasteiger charge is 2.32. The summed E-state index contributed by atoms with van der Waals surface area (Å²) in [6, 6.07) is 44.3. The van der Waals surface area contributed by atoms with Crippen LogP contribution in [0.2, 0.25) is 0 Å². The van der Waals surface area contributed by atoms with E-state index in [0.29, 0.717) is 11.8 Å². The number of aromatic nitrogens is 2. The molecule has 206 valence electrons. The lowest BCUT2D eigenvalue weighted by Crippen LogP contribution is -2.17. The SMILES string of the molecule is C1=CC2c3ccccc3-c3ccccc3C2C=C1c1ccc2sc3c(-n4c5ccccc5c5ccccc54)nccc3c2c1. The summed E-state index contributed by atoms with van der Waals surface area (Å²) in [6.07, 6.45) is 9.24. The Bertz CT molecular complexity index is 2470. The predicted octanol–water partition coefficient (Wildman–Crippen LogP) is 11.0. The maximum Gasteiger partial charge on any atom is 0.155 e. The van der Waals surface area contributed by atoms with Gasteiger partial charge >= 0.3 is 0 Å². The summed E-state index contributed by atoms with van der Waals surface area (Å²) in [4.78, 5) is 4.99. The van der Waals surface area contributed by atoms with Crippen molar-refractivity contribution in [2.24, 2.45) is 0 Å². The molecule has 0 bridgehead atoms. The van der Waals surface area contributed by atoms with E-state index in [4.69, 9.17) is 4.98 Å². The number of fused-ring (bicyclic) bond motifs is 12. The normalized spacial score (nSPS) is 17.1. The largest absolute Gasteiger partial charge is 0.293 e. The van der Waals surface area contributed by atoms with Crippen LogP contribution in [0.5, 0.6) is 0 Å². The minimum Gasteiger partial charge on any atom is -0.293 e. The molecule has 2 aliphatic carbocycles. The highest BCUT2D eigenvalue weighted by atomic mass is 32.1. The van der Waals surface area contributed by atoms with Crippen LogP contribution in [0.4, 0.5) is 0 Å². The average Bonchev–Trinajstić information content (AvgIpc) is 3.64. The first-order valence-corrected chi connectivity index (χ1v) is 16.0. The van der Waals surface area contributed by atoms with Crippen molar-refractivity contribution >= 4 is 58.9 Å². The Labute approximate surface area is 258 Å². The summed E-state index contributed by atoms with van der Waals surface area (Å²) in [5, 5.41) is 5.06. The van der Waals surface area contributed by atoms with E-state index in [0.717, 1.165) is 5.82 Å². The summed E-state index contributed by atoms with van der Waals surface area (Å²) < 4.78 is 4.85. The van der Waals surface area contributed by atoms with Gasteiger partial charge in [0.15, 0.2) is 5.82 Å². The molecule has 8 aromatic rings. The summed E-state index contributed by atoms with van der Waals surface area (Å²) in [5.74, 6) is 1.68. The molecule has 2 nitrogen and oxygen atoms in total. The molecule has 5 aromatic carbocycles. The number of thiophene rings is 1. The third kappa shape index (κ3) is 3.33. The first-order chi connectivity index (χ1) is 21.8. The summed E-state index contributed by atoms with van der Waals surface area (Å²) >= 11 is 1.84. The van der Waals surface area contributed by atoms with Gasteiger partial charge in [0.25, 0.3) is 0 Å². The fraction of sp³-hybridized carbons (Fsp3) is 0.0488. The van der Waals surface area contributed by atoms with Crippen molar-refractivity contribution in [3.05, 3.63) is 162 Å². The molecule has 2 aliphatic rings. The Balaban J connectivity index is 1.14. The quantitative estimate of drug-likeness (QED) is 0.199. The third-order valence-corrected chi connectivity index (χ3v) is 10.8. The number of nitrogens with zero attached hydrogens (tertiary/aromatic N) is 2. The van der Waals surface area contributed by atoms with Gasteiger partial charge in [-0.2, -0.15) is 0 Å². The number of hydrogen-bond donors (Lipinski definition) is 0. The standard InChI is InChI=1S/C41H26N2S/c1-2-11-29-27(9-1)28-10-3-4-12-30(28)35-23-25(17-19-31(29)35)26-18-20-39-36(24-26)34-21-22-42-41(40(34)44-39)43-37-15-7-5-13-32(37)33-14-6-8-16-38(33)43/h1-24,31,35H. The van der Waals surface area contributed by atoms with Gasteiger partial charge < -0.3 is 0 Å². The zero-order chi connectivity index (χ0) is 28.8. The highest BCUT2D eigenvalue weighted by molar-refractivity contribution is 7.26. The van der Waals surface area contributed by atoms with Gasteiger partial charge in [-0.05, 0) is 63.7 Å². The number of para-hydroxylation sites is 2. The van der Waals surface area contributed by atoms with Gasteiger partial charge in [-0.3, -0.25) is 4.57 Å². The molecule has 3 aromatic heterocycles. The summed E-state index contributed by atoms with van der Waals surface area (Å²) in [5.41, 5.74) is 10.5. The number of allylic oxidation sites excluding steroid dienone is 4. The Hall–Kier alpha value is -5.25. The summed E-state index contributed by atoms with van der Waals surface area (Å²) in [6.45, 7) is 0. The minimum absolute atomic E-state index is 0.321. The van der Waals surface area contributed by atoms with E-state index in [2.05, 4.69) is 144 Å². The maximum absolute atomic E-state index is 4.99. The number of rotatable bonds is 2. The monoisotopic (exact) mass is 578 g/mol. The molecule has 10 rings (SSSR count). The zero-order valence-corrected chi connectivity index (χ0v) is 24.6. The van der Waals surface area contributed by atoms with Crippen molar-refractivity contribution in [1.29, 1.82) is 0 Å². The molecule has 0 amide bonds. The van der Waals surface area contributed by atoms with Crippen LogP contribution in [0.1, 0.15) is 28.5 Å². The van der Waals surface area contributed by atoms with Gasteiger partial charge in [-0.1, -0.05) is 109 Å². The van der Waals surface area contributed by atoms with Crippen LogP contribution in [-0.4, -0.2) is 9.55 Å². The number of benzene rings is 5. The van der Waals surface area contributed by atoms with Crippen LogP contribution >= 0.6 is 11.3 Å². The molecule has 0 saturated heterocycles. The van der Waals surface area contributed by atoms with Crippen molar-refractivity contribution in [2.45, 2.75) is 11.8 Å². The third-order valence-electron chi connectivity index (χ3n) is 9.65. The van der Waals surface area contributed by atoms with Crippen molar-refractivity contribution in [2.75, 3.05) is 0 Å². The van der Waals surface area contributed by atoms with E-state index in [-0.39, 0.29) is 0 Å². The molecular weight excluding hydrogens is 553 g/mol. The van der Waals surface area contributed by atoms with E-state index >= 15 is 0 Å². The molecule has 2 unspecified atom stereocenters. The fourth-order valence-electron chi connectivity index (χ4n) is 7.70. The second-order valence-electron chi connectivity index (χ2n) is 11.9. The number of hydrogen-bond acceptors (Lipinski definition) is 2. The van der Waals surface area contributed by atoms with Crippen LogP contribution in [-0.2, 0) is 0 Å². The summed E-state index contributed by atoms with van der Waals surface area (Å²) in [7, 11) is 0. The van der Waals surface area contributed by atoms with Crippen molar-refractivity contribution < 1.29 is 0 Å². The average molecular weight is 579 g/mol. The molecule has 0 spiro atoms. The Morgan fingerprint density at radius 2 is 1.25 bits per heavy atom. The molecule has 3 heteroatoms. The van der Waals surface area contributed by atoms with Gasteiger partial charge in [0.05, 0.1) is 15.7 Å². The van der Waals surface area contributed by atoms with E-state index in [1.54, 1.807) is 0 Å². The van der Waals surface area contributed by atoms with Gasteiger partial charge in [0.2, 0.25) is 0 Å². The van der Waals surface area contributed by atoms with Crippen LogP contribution in [0.15, 0.2) is 146 Å². The topological polar surface area (TPSA) is 17.8 Å². The maximum atomic E-state index is 4.99. The number of pyridine rings is 1. The Kier molecular flexibility index (Phi) is 5.02. The smallest absolute Gasteiger partial charge is 0.155 e. The Morgan fingerprint density at radius 3 is 2.00 bits per heavy atom. The van der Waals surface area contributed by atoms with Crippen molar-refractivity contribution in [3.63, 3.8) is 0 Å². The molecular formula is C41H26N2S. The fourth-order valence-corrected chi connectivity index (χ4v) is 8.86. The molecule has 0 N–H and O–H groups in total. The van der Waals surface area contributed by atoms with Crippen LogP contribution in [0.3, 0.4) is 0 Å². The lowest BCUT2D eigenvalue weighted by Gasteiger charge is -2.35. The van der Waals surface area contributed by atoms with Gasteiger partial charge in [-0.15, -0.1) is 11.3 Å².